The zero-order chi connectivity index (χ0) is 22.2. The molecule has 1 aromatic carbocycles. The number of rotatable bonds is 5. The largest absolute Gasteiger partial charge is 0.493 e. The number of aliphatic hydroxyl groups excluding tert-OH is 1. The number of methoxy groups -OCH3 is 2. The van der Waals surface area contributed by atoms with Crippen molar-refractivity contribution in [2.45, 2.75) is 12.2 Å². The van der Waals surface area contributed by atoms with Crippen LogP contribution in [0.1, 0.15) is 28.9 Å². The Kier molecular flexibility index (Phi) is 5.32. The van der Waals surface area contributed by atoms with Crippen molar-refractivity contribution in [2.24, 2.45) is 0 Å². The van der Waals surface area contributed by atoms with E-state index >= 15 is 0 Å². The Balaban J connectivity index is 1.46. The number of halogens is 1. The molecular weight excluding hydrogens is 480 g/mol. The fourth-order valence-electron chi connectivity index (χ4n) is 3.58. The predicted molar refractivity (Wildman–Crippen MR) is 117 cm³/mol. The Bertz CT molecular complexity index is 1260. The summed E-state index contributed by atoms with van der Waals surface area (Å²) in [4.78, 5) is 8.59. The number of nitrogens with zero attached hydrogens (tertiary/aromatic N) is 4. The quantitative estimate of drug-likeness (QED) is 0.446. The average Bonchev–Trinajstić information content (AvgIpc) is 3.25. The molecule has 0 amide bonds. The van der Waals surface area contributed by atoms with Crippen LogP contribution in [-0.4, -0.2) is 45.5 Å². The zero-order valence-corrected chi connectivity index (χ0v) is 18.8. The fourth-order valence-corrected chi connectivity index (χ4v) is 3.88. The van der Waals surface area contributed by atoms with Gasteiger partial charge >= 0.3 is 0 Å². The molecule has 0 spiro atoms. The first-order chi connectivity index (χ1) is 15.6. The normalized spacial score (nSPS) is 16.1. The van der Waals surface area contributed by atoms with Gasteiger partial charge in [0.2, 0.25) is 11.6 Å². The molecule has 2 atom stereocenters. The Morgan fingerprint density at radius 3 is 2.78 bits per heavy atom. The minimum absolute atomic E-state index is 0.288. The number of fused-ring (bicyclic) bond motifs is 2. The summed E-state index contributed by atoms with van der Waals surface area (Å²) in [5, 5.41) is 15.3. The maximum absolute atomic E-state index is 11.1. The summed E-state index contributed by atoms with van der Waals surface area (Å²) in [7, 11) is 3.11. The molecule has 1 N–H and O–H groups in total. The lowest BCUT2D eigenvalue weighted by Crippen LogP contribution is -2.22. The molecule has 0 saturated heterocycles. The van der Waals surface area contributed by atoms with Gasteiger partial charge in [-0.25, -0.2) is 14.5 Å². The van der Waals surface area contributed by atoms with Crippen molar-refractivity contribution in [2.75, 3.05) is 20.8 Å². The first-order valence-corrected chi connectivity index (χ1v) is 10.5. The lowest BCUT2D eigenvalue weighted by Gasteiger charge is -2.28. The summed E-state index contributed by atoms with van der Waals surface area (Å²) in [5.74, 6) is 1.94. The van der Waals surface area contributed by atoms with Crippen LogP contribution >= 0.6 is 15.9 Å². The number of benzene rings is 1. The molecule has 4 heterocycles. The molecule has 9 nitrogen and oxygen atoms in total. The molecule has 0 bridgehead atoms. The van der Waals surface area contributed by atoms with E-state index in [0.717, 1.165) is 10.0 Å². The number of aliphatic hydroxyl groups is 1. The third-order valence-electron chi connectivity index (χ3n) is 5.22. The Hall–Kier alpha value is -3.37. The van der Waals surface area contributed by atoms with E-state index in [1.165, 1.54) is 0 Å². The molecule has 1 aliphatic heterocycles. The van der Waals surface area contributed by atoms with Crippen molar-refractivity contribution >= 4 is 21.6 Å². The van der Waals surface area contributed by atoms with Gasteiger partial charge in [0.05, 0.1) is 24.9 Å². The van der Waals surface area contributed by atoms with E-state index in [1.807, 2.05) is 6.07 Å². The molecule has 164 valence electrons. The van der Waals surface area contributed by atoms with Crippen LogP contribution in [0.25, 0.3) is 5.65 Å². The van der Waals surface area contributed by atoms with E-state index in [-0.39, 0.29) is 12.7 Å². The van der Waals surface area contributed by atoms with Gasteiger partial charge in [0.15, 0.2) is 23.3 Å². The maximum Gasteiger partial charge on any atom is 0.212 e. The maximum atomic E-state index is 11.1. The summed E-state index contributed by atoms with van der Waals surface area (Å²) in [5.41, 5.74) is 2.56. The van der Waals surface area contributed by atoms with E-state index in [4.69, 9.17) is 18.9 Å². The third-order valence-corrected chi connectivity index (χ3v) is 5.63. The van der Waals surface area contributed by atoms with Crippen molar-refractivity contribution in [1.29, 1.82) is 0 Å². The van der Waals surface area contributed by atoms with Crippen LogP contribution in [-0.2, 0) is 0 Å². The van der Waals surface area contributed by atoms with Gasteiger partial charge in [-0.15, -0.1) is 0 Å². The van der Waals surface area contributed by atoms with E-state index in [0.29, 0.717) is 39.9 Å². The van der Waals surface area contributed by atoms with Crippen LogP contribution in [0.2, 0.25) is 0 Å². The Morgan fingerprint density at radius 2 is 2.03 bits per heavy atom. The lowest BCUT2D eigenvalue weighted by molar-refractivity contribution is 0.0862. The van der Waals surface area contributed by atoms with Gasteiger partial charge in [-0.1, -0.05) is 0 Å². The van der Waals surface area contributed by atoms with Crippen molar-refractivity contribution in [3.63, 3.8) is 0 Å². The molecule has 3 aromatic heterocycles. The van der Waals surface area contributed by atoms with Gasteiger partial charge < -0.3 is 24.1 Å². The van der Waals surface area contributed by atoms with E-state index in [2.05, 4.69) is 31.0 Å². The molecule has 0 aliphatic carbocycles. The fraction of sp³-hybridized carbons (Fsp3) is 0.227. The molecule has 0 fully saturated rings. The summed E-state index contributed by atoms with van der Waals surface area (Å²) in [6.07, 6.45) is 5.39. The molecule has 0 radical (unpaired) electrons. The van der Waals surface area contributed by atoms with E-state index in [9.17, 15) is 5.11 Å². The molecule has 10 heteroatoms. The monoisotopic (exact) mass is 498 g/mol. The predicted octanol–water partition coefficient (Wildman–Crippen LogP) is 3.50. The van der Waals surface area contributed by atoms with Gasteiger partial charge in [0.25, 0.3) is 0 Å². The summed E-state index contributed by atoms with van der Waals surface area (Å²) in [6.45, 7) is 0.288. The topological polar surface area (TPSA) is 100 Å². The second kappa shape index (κ2) is 8.29. The van der Waals surface area contributed by atoms with Crippen LogP contribution < -0.4 is 18.9 Å². The highest BCUT2D eigenvalue weighted by atomic mass is 79.9. The summed E-state index contributed by atoms with van der Waals surface area (Å²) >= 11 is 3.37. The number of aromatic nitrogens is 4. The van der Waals surface area contributed by atoms with E-state index in [1.54, 1.807) is 61.7 Å². The van der Waals surface area contributed by atoms with Crippen LogP contribution in [0.15, 0.2) is 53.5 Å². The highest BCUT2D eigenvalue weighted by molar-refractivity contribution is 9.10. The van der Waals surface area contributed by atoms with Gasteiger partial charge in [-0.2, -0.15) is 5.10 Å². The highest BCUT2D eigenvalue weighted by Crippen LogP contribution is 2.46. The minimum atomic E-state index is -0.979. The summed E-state index contributed by atoms with van der Waals surface area (Å²) in [6, 6.07) is 7.12. The Labute approximate surface area is 191 Å². The molecule has 32 heavy (non-hydrogen) atoms. The van der Waals surface area contributed by atoms with Crippen molar-refractivity contribution in [1.82, 2.24) is 19.6 Å². The second-order valence-corrected chi connectivity index (χ2v) is 8.06. The van der Waals surface area contributed by atoms with Crippen LogP contribution in [0, 0.1) is 0 Å². The van der Waals surface area contributed by atoms with Crippen molar-refractivity contribution in [3.05, 3.63) is 70.2 Å². The number of hydrogen-bond donors (Lipinski definition) is 1. The first-order valence-electron chi connectivity index (χ1n) is 9.75. The van der Waals surface area contributed by atoms with Gasteiger partial charge in [0, 0.05) is 35.8 Å². The molecule has 1 aliphatic rings. The zero-order valence-electron chi connectivity index (χ0n) is 17.2. The van der Waals surface area contributed by atoms with Crippen LogP contribution in [0.5, 0.6) is 23.1 Å². The van der Waals surface area contributed by atoms with Gasteiger partial charge in [0.1, 0.15) is 12.7 Å². The smallest absolute Gasteiger partial charge is 0.212 e. The van der Waals surface area contributed by atoms with Gasteiger partial charge in [-0.3, -0.25) is 0 Å². The first kappa shape index (κ1) is 20.5. The van der Waals surface area contributed by atoms with Crippen LogP contribution in [0.4, 0.5) is 0 Å². The average molecular weight is 499 g/mol. The van der Waals surface area contributed by atoms with Gasteiger partial charge in [-0.05, 0) is 39.7 Å². The third kappa shape index (κ3) is 3.61. The second-order valence-electron chi connectivity index (χ2n) is 7.14. The minimum Gasteiger partial charge on any atom is -0.493 e. The SMILES string of the molecule is COc1ccc(C2COc3cc(C(O)c4cnn5cc(Br)cnc45)cc(OC)c3O2)cn1. The van der Waals surface area contributed by atoms with Crippen molar-refractivity contribution < 1.29 is 24.1 Å². The van der Waals surface area contributed by atoms with E-state index < -0.39 is 6.10 Å². The summed E-state index contributed by atoms with van der Waals surface area (Å²) < 4.78 is 25.2. The van der Waals surface area contributed by atoms with Crippen molar-refractivity contribution in [3.8, 4) is 23.1 Å². The number of ether oxygens (including phenoxy) is 4. The highest BCUT2D eigenvalue weighted by Gasteiger charge is 2.29. The molecule has 2 unspecified atom stereocenters. The standard InChI is InChI=1S/C22H19BrN4O5/c1-29-16-5-13(20(28)15-9-26-27-10-14(23)8-25-22(15)27)6-17-21(16)32-18(11-31-17)12-3-4-19(30-2)24-7-12/h3-10,18,20,28H,11H2,1-2H3. The number of hydrogen-bond acceptors (Lipinski definition) is 8. The Morgan fingerprint density at radius 1 is 1.16 bits per heavy atom. The molecule has 0 saturated carbocycles. The molecular formula is C22H19BrN4O5. The molecule has 4 aromatic rings. The lowest BCUT2D eigenvalue weighted by atomic mass is 10.0. The number of pyridine rings is 1. The molecule has 5 rings (SSSR count). The van der Waals surface area contributed by atoms with Crippen LogP contribution in [0.3, 0.4) is 0 Å².